The average molecular weight is 502 g/mol. The van der Waals surface area contributed by atoms with Crippen molar-refractivity contribution in [3.63, 3.8) is 0 Å². The van der Waals surface area contributed by atoms with Crippen molar-refractivity contribution in [1.82, 2.24) is 4.98 Å². The van der Waals surface area contributed by atoms with Gasteiger partial charge in [0.05, 0.1) is 6.61 Å². The smallest absolute Gasteiger partial charge is 0.400 e. The Morgan fingerprint density at radius 1 is 1.09 bits per heavy atom. The molecule has 4 aromatic rings. The van der Waals surface area contributed by atoms with Gasteiger partial charge in [0, 0.05) is 10.0 Å². The van der Waals surface area contributed by atoms with Gasteiger partial charge in [-0.3, -0.25) is 0 Å². The molecule has 0 fully saturated rings. The molecule has 3 aromatic carbocycles. The number of oxazole rings is 1. The van der Waals surface area contributed by atoms with Crippen molar-refractivity contribution >= 4 is 40.3 Å². The Bertz CT molecular complexity index is 1310. The van der Waals surface area contributed by atoms with Gasteiger partial charge < -0.3 is 23.7 Å². The highest BCUT2D eigenvalue weighted by Crippen LogP contribution is 2.30. The molecule has 2 unspecified atom stereocenters. The van der Waals surface area contributed by atoms with Crippen LogP contribution in [0.2, 0.25) is 10.0 Å². The fourth-order valence-corrected chi connectivity index (χ4v) is 3.49. The summed E-state index contributed by atoms with van der Waals surface area (Å²) in [6.07, 6.45) is -0.730. The van der Waals surface area contributed by atoms with Gasteiger partial charge in [0.2, 0.25) is 5.60 Å². The van der Waals surface area contributed by atoms with Crippen molar-refractivity contribution in [2.24, 2.45) is 0 Å². The zero-order valence-corrected chi connectivity index (χ0v) is 19.8. The lowest BCUT2D eigenvalue weighted by Gasteiger charge is -2.32. The zero-order valence-electron chi connectivity index (χ0n) is 18.3. The van der Waals surface area contributed by atoms with Crippen LogP contribution in [0.3, 0.4) is 0 Å². The van der Waals surface area contributed by atoms with Gasteiger partial charge >= 0.3 is 12.0 Å². The molecule has 0 radical (unpaired) electrons. The third kappa shape index (κ3) is 5.28. The second-order valence-electron chi connectivity index (χ2n) is 7.72. The number of rotatable bonds is 9. The third-order valence-electron chi connectivity index (χ3n) is 5.34. The van der Waals surface area contributed by atoms with Crippen molar-refractivity contribution in [2.75, 3.05) is 0 Å². The van der Waals surface area contributed by atoms with E-state index >= 15 is 0 Å². The summed E-state index contributed by atoms with van der Waals surface area (Å²) in [7, 11) is 0. The summed E-state index contributed by atoms with van der Waals surface area (Å²) in [5.41, 5.74) is 0.225. The molecular formula is C25H21Cl2NO6. The van der Waals surface area contributed by atoms with Crippen LogP contribution in [0.4, 0.5) is 0 Å². The molecule has 1 N–H and O–H groups in total. The van der Waals surface area contributed by atoms with Crippen LogP contribution in [0.5, 0.6) is 17.6 Å². The molecule has 0 spiro atoms. The molecule has 0 saturated carbocycles. The number of carboxylic acid groups (broad SMARTS) is 1. The zero-order chi connectivity index (χ0) is 24.3. The van der Waals surface area contributed by atoms with Crippen LogP contribution in [0.25, 0.3) is 11.1 Å². The van der Waals surface area contributed by atoms with E-state index in [4.69, 9.17) is 41.8 Å². The summed E-state index contributed by atoms with van der Waals surface area (Å²) < 4.78 is 22.8. The summed E-state index contributed by atoms with van der Waals surface area (Å²) in [6, 6.07) is 18.7. The van der Waals surface area contributed by atoms with Crippen LogP contribution in [0.15, 0.2) is 71.1 Å². The monoisotopic (exact) mass is 501 g/mol. The Balaban J connectivity index is 1.43. The molecule has 0 aliphatic carbocycles. The maximum absolute atomic E-state index is 12.1. The number of hydrogen-bond donors (Lipinski definition) is 1. The van der Waals surface area contributed by atoms with E-state index in [1.807, 2.05) is 18.2 Å². The minimum absolute atomic E-state index is 0.0582. The molecule has 0 aliphatic heterocycles. The minimum Gasteiger partial charge on any atom is -0.478 e. The van der Waals surface area contributed by atoms with Gasteiger partial charge in [-0.1, -0.05) is 41.4 Å². The van der Waals surface area contributed by atoms with Crippen LogP contribution in [0, 0.1) is 0 Å². The van der Waals surface area contributed by atoms with E-state index < -0.39 is 17.7 Å². The Labute approximate surface area is 205 Å². The van der Waals surface area contributed by atoms with E-state index in [-0.39, 0.29) is 12.7 Å². The standard InChI is InChI=1S/C25H21Cl2NO6/c1-15(31-14-16-5-3-4-6-20(16)27)25(2,23(29)30)34-19-10-8-18(9-11-19)32-24-28-21-13-17(26)7-12-22(21)33-24/h3-13,15H,14H2,1-2H3,(H,29,30). The highest BCUT2D eigenvalue weighted by molar-refractivity contribution is 6.31. The normalized spacial score (nSPS) is 13.9. The number of halogens is 2. The number of aromatic nitrogens is 1. The molecule has 4 rings (SSSR count). The van der Waals surface area contributed by atoms with E-state index in [0.717, 1.165) is 5.56 Å². The predicted molar refractivity (Wildman–Crippen MR) is 128 cm³/mol. The highest BCUT2D eigenvalue weighted by atomic mass is 35.5. The number of ether oxygens (including phenoxy) is 3. The second-order valence-corrected chi connectivity index (χ2v) is 8.57. The first kappa shape index (κ1) is 23.9. The van der Waals surface area contributed by atoms with Crippen molar-refractivity contribution in [3.8, 4) is 17.6 Å². The molecule has 2 atom stereocenters. The fraction of sp³-hybridized carbons (Fsp3) is 0.200. The predicted octanol–water partition coefficient (Wildman–Crippen LogP) is 6.75. The molecule has 0 aliphatic rings. The Morgan fingerprint density at radius 2 is 1.79 bits per heavy atom. The molecular weight excluding hydrogens is 481 g/mol. The van der Waals surface area contributed by atoms with Gasteiger partial charge in [0.15, 0.2) is 5.58 Å². The largest absolute Gasteiger partial charge is 0.478 e. The molecule has 0 saturated heterocycles. The highest BCUT2D eigenvalue weighted by Gasteiger charge is 2.43. The lowest BCUT2D eigenvalue weighted by molar-refractivity contribution is -0.168. The first-order chi connectivity index (χ1) is 16.2. The maximum Gasteiger partial charge on any atom is 0.400 e. The first-order valence-corrected chi connectivity index (χ1v) is 11.1. The van der Waals surface area contributed by atoms with Gasteiger partial charge in [-0.2, -0.15) is 4.98 Å². The summed E-state index contributed by atoms with van der Waals surface area (Å²) in [4.78, 5) is 16.3. The second kappa shape index (κ2) is 9.93. The molecule has 176 valence electrons. The molecule has 34 heavy (non-hydrogen) atoms. The summed E-state index contributed by atoms with van der Waals surface area (Å²) >= 11 is 12.1. The van der Waals surface area contributed by atoms with E-state index in [1.165, 1.54) is 6.92 Å². The lowest BCUT2D eigenvalue weighted by atomic mass is 10.00. The summed E-state index contributed by atoms with van der Waals surface area (Å²) in [6.45, 7) is 3.25. The molecule has 7 nitrogen and oxygen atoms in total. The Hall–Kier alpha value is -3.26. The number of carboxylic acids is 1. The van der Waals surface area contributed by atoms with Crippen molar-refractivity contribution in [3.05, 3.63) is 82.3 Å². The molecule has 0 bridgehead atoms. The van der Waals surface area contributed by atoms with Gasteiger partial charge in [-0.25, -0.2) is 4.79 Å². The summed E-state index contributed by atoms with van der Waals surface area (Å²) in [5, 5.41) is 11.0. The maximum atomic E-state index is 12.1. The van der Waals surface area contributed by atoms with Crippen molar-refractivity contribution < 1.29 is 28.5 Å². The van der Waals surface area contributed by atoms with Crippen molar-refractivity contribution in [2.45, 2.75) is 32.2 Å². The van der Waals surface area contributed by atoms with E-state index in [0.29, 0.717) is 32.6 Å². The quantitative estimate of drug-likeness (QED) is 0.271. The first-order valence-electron chi connectivity index (χ1n) is 10.4. The SMILES string of the molecule is CC(OCc1ccccc1Cl)C(C)(Oc1ccc(Oc2nc3cc(Cl)ccc3o2)cc1)C(=O)O. The Morgan fingerprint density at radius 3 is 2.50 bits per heavy atom. The van der Waals surface area contributed by atoms with E-state index in [9.17, 15) is 9.90 Å². The minimum atomic E-state index is -1.65. The van der Waals surface area contributed by atoms with Crippen LogP contribution >= 0.6 is 23.2 Å². The number of aliphatic carboxylic acids is 1. The summed E-state index contributed by atoms with van der Waals surface area (Å²) in [5.74, 6) is -0.399. The van der Waals surface area contributed by atoms with Crippen LogP contribution in [-0.4, -0.2) is 27.8 Å². The van der Waals surface area contributed by atoms with Gasteiger partial charge in [-0.15, -0.1) is 0 Å². The van der Waals surface area contributed by atoms with E-state index in [2.05, 4.69) is 4.98 Å². The lowest BCUT2D eigenvalue weighted by Crippen LogP contribution is -2.51. The molecule has 1 heterocycles. The Kier molecular flexibility index (Phi) is 6.97. The molecule has 1 aromatic heterocycles. The molecule has 9 heteroatoms. The fourth-order valence-electron chi connectivity index (χ4n) is 3.13. The number of hydrogen-bond acceptors (Lipinski definition) is 6. The third-order valence-corrected chi connectivity index (χ3v) is 5.94. The van der Waals surface area contributed by atoms with Crippen LogP contribution < -0.4 is 9.47 Å². The molecule has 0 amide bonds. The number of fused-ring (bicyclic) bond motifs is 1. The average Bonchev–Trinajstić information content (AvgIpc) is 3.20. The number of nitrogens with zero attached hydrogens (tertiary/aromatic N) is 1. The number of benzene rings is 3. The van der Waals surface area contributed by atoms with Gasteiger partial charge in [0.1, 0.15) is 23.1 Å². The van der Waals surface area contributed by atoms with Gasteiger partial charge in [0.25, 0.3) is 0 Å². The topological polar surface area (TPSA) is 91.0 Å². The van der Waals surface area contributed by atoms with E-state index in [1.54, 1.807) is 55.5 Å². The van der Waals surface area contributed by atoms with Gasteiger partial charge in [-0.05, 0) is 67.9 Å². The van der Waals surface area contributed by atoms with Crippen LogP contribution in [0.1, 0.15) is 19.4 Å². The van der Waals surface area contributed by atoms with Crippen molar-refractivity contribution in [1.29, 1.82) is 0 Å². The van der Waals surface area contributed by atoms with Crippen LogP contribution in [-0.2, 0) is 16.1 Å². The number of carbonyl (C=O) groups is 1.